The molecule has 11 nitrogen and oxygen atoms in total. The van der Waals surface area contributed by atoms with Crippen LogP contribution in [-0.2, 0) is 14.3 Å². The minimum atomic E-state index is -0.776. The van der Waals surface area contributed by atoms with E-state index in [1.807, 2.05) is 0 Å². The van der Waals surface area contributed by atoms with Gasteiger partial charge in [-0.05, 0) is 46.2 Å². The molecule has 2 atom stereocenters. The summed E-state index contributed by atoms with van der Waals surface area (Å²) in [5.74, 6) is -1.20. The summed E-state index contributed by atoms with van der Waals surface area (Å²) in [6, 6.07) is 6.91. The third kappa shape index (κ3) is 6.09. The third-order valence-electron chi connectivity index (χ3n) is 5.82. The van der Waals surface area contributed by atoms with Crippen molar-refractivity contribution in [1.29, 1.82) is 0 Å². The molecule has 0 saturated carbocycles. The molecule has 1 N–H and O–H groups in total. The number of hydrogen-bond acceptors (Lipinski definition) is 8. The van der Waals surface area contributed by atoms with E-state index in [4.69, 9.17) is 9.47 Å². The van der Waals surface area contributed by atoms with Gasteiger partial charge < -0.3 is 14.8 Å². The van der Waals surface area contributed by atoms with Crippen molar-refractivity contribution >= 4 is 18.0 Å². The molecule has 0 bridgehead atoms. The standard InChI is InChI=1S/C25H32N4O7/c1-16-14-28(24(34)29(20(16)30)21(31)17-9-7-6-8-10-17)18-13-19(22(32)35-5)27(15-18)12-11-26-23(33)36-25(2,3)4/h6-10,14,18-19H,11-13,15H2,1-5H3,(H,26,33)/t18-,19-/m0/s1. The van der Waals surface area contributed by atoms with Gasteiger partial charge in [0, 0.05) is 37.0 Å². The maximum Gasteiger partial charge on any atom is 0.407 e. The first-order valence-corrected chi connectivity index (χ1v) is 11.7. The molecule has 1 aromatic carbocycles. The molecule has 0 radical (unpaired) electrons. The molecule has 0 unspecified atom stereocenters. The van der Waals surface area contributed by atoms with Crippen LogP contribution in [0.2, 0.25) is 0 Å². The van der Waals surface area contributed by atoms with Crippen LogP contribution in [-0.4, -0.2) is 70.4 Å². The van der Waals surface area contributed by atoms with Gasteiger partial charge in [0.15, 0.2) is 0 Å². The molecule has 0 spiro atoms. The van der Waals surface area contributed by atoms with Crippen molar-refractivity contribution in [2.24, 2.45) is 0 Å². The normalized spacial score (nSPS) is 18.0. The summed E-state index contributed by atoms with van der Waals surface area (Å²) in [6.45, 7) is 7.57. The molecule has 1 aliphatic rings. The Balaban J connectivity index is 1.85. The third-order valence-corrected chi connectivity index (χ3v) is 5.82. The Bertz CT molecular complexity index is 1240. The molecule has 1 aromatic heterocycles. The highest BCUT2D eigenvalue weighted by molar-refractivity contribution is 5.95. The topological polar surface area (TPSA) is 129 Å². The van der Waals surface area contributed by atoms with Gasteiger partial charge in [-0.3, -0.25) is 23.9 Å². The number of nitrogens with zero attached hydrogens (tertiary/aromatic N) is 3. The van der Waals surface area contributed by atoms with Gasteiger partial charge in [0.1, 0.15) is 11.6 Å². The lowest BCUT2D eigenvalue weighted by molar-refractivity contribution is -0.145. The summed E-state index contributed by atoms with van der Waals surface area (Å²) in [4.78, 5) is 65.3. The van der Waals surface area contributed by atoms with Crippen molar-refractivity contribution in [3.63, 3.8) is 0 Å². The Kier molecular flexibility index (Phi) is 8.13. The van der Waals surface area contributed by atoms with Crippen LogP contribution in [0.1, 0.15) is 49.2 Å². The maximum absolute atomic E-state index is 13.3. The molecule has 0 aliphatic carbocycles. The lowest BCUT2D eigenvalue weighted by atomic mass is 10.1. The van der Waals surface area contributed by atoms with Crippen molar-refractivity contribution in [3.8, 4) is 0 Å². The fourth-order valence-electron chi connectivity index (χ4n) is 4.17. The van der Waals surface area contributed by atoms with E-state index < -0.39 is 46.9 Å². The molecule has 194 valence electrons. The van der Waals surface area contributed by atoms with Crippen LogP contribution in [0.25, 0.3) is 0 Å². The number of alkyl carbamates (subject to hydrolysis) is 1. The molecule has 2 heterocycles. The van der Waals surface area contributed by atoms with Gasteiger partial charge in [-0.1, -0.05) is 18.2 Å². The molecular formula is C25H32N4O7. The average Bonchev–Trinajstić information content (AvgIpc) is 3.24. The van der Waals surface area contributed by atoms with Crippen molar-refractivity contribution in [2.75, 3.05) is 26.7 Å². The second-order valence-corrected chi connectivity index (χ2v) is 9.67. The Morgan fingerprint density at radius 1 is 1.11 bits per heavy atom. The first-order chi connectivity index (χ1) is 16.9. The van der Waals surface area contributed by atoms with Gasteiger partial charge >= 0.3 is 17.8 Å². The van der Waals surface area contributed by atoms with E-state index in [9.17, 15) is 24.0 Å². The van der Waals surface area contributed by atoms with Crippen LogP contribution in [0.4, 0.5) is 4.79 Å². The highest BCUT2D eigenvalue weighted by Gasteiger charge is 2.39. The van der Waals surface area contributed by atoms with Gasteiger partial charge in [-0.15, -0.1) is 0 Å². The van der Waals surface area contributed by atoms with Crippen LogP contribution in [0, 0.1) is 6.92 Å². The highest BCUT2D eigenvalue weighted by atomic mass is 16.6. The van der Waals surface area contributed by atoms with Crippen molar-refractivity contribution in [2.45, 2.75) is 51.8 Å². The monoisotopic (exact) mass is 500 g/mol. The predicted octanol–water partition coefficient (Wildman–Crippen LogP) is 1.32. The molecule has 1 saturated heterocycles. The van der Waals surface area contributed by atoms with E-state index in [0.717, 1.165) is 0 Å². The van der Waals surface area contributed by atoms with E-state index in [1.165, 1.54) is 36.9 Å². The predicted molar refractivity (Wildman–Crippen MR) is 131 cm³/mol. The number of aromatic nitrogens is 2. The zero-order chi connectivity index (χ0) is 26.6. The Morgan fingerprint density at radius 3 is 2.39 bits per heavy atom. The van der Waals surface area contributed by atoms with Crippen LogP contribution in [0.3, 0.4) is 0 Å². The zero-order valence-electron chi connectivity index (χ0n) is 21.1. The minimum Gasteiger partial charge on any atom is -0.468 e. The van der Waals surface area contributed by atoms with Crippen LogP contribution in [0.15, 0.2) is 46.1 Å². The first kappa shape index (κ1) is 26.9. The number of aryl methyl sites for hydroxylation is 1. The number of rotatable bonds is 6. The van der Waals surface area contributed by atoms with Gasteiger partial charge in [0.05, 0.1) is 13.2 Å². The summed E-state index contributed by atoms with van der Waals surface area (Å²) in [5, 5.41) is 2.65. The number of hydrogen-bond donors (Lipinski definition) is 1. The van der Waals surface area contributed by atoms with Gasteiger partial charge in [0.25, 0.3) is 11.5 Å². The average molecular weight is 501 g/mol. The van der Waals surface area contributed by atoms with Gasteiger partial charge in [-0.25, -0.2) is 9.59 Å². The lowest BCUT2D eigenvalue weighted by Crippen LogP contribution is -2.46. The molecule has 2 aromatic rings. The Morgan fingerprint density at radius 2 is 1.78 bits per heavy atom. The second kappa shape index (κ2) is 10.9. The number of likely N-dealkylation sites (tertiary alicyclic amines) is 1. The number of esters is 1. The summed E-state index contributed by atoms with van der Waals surface area (Å²) in [6.07, 6.45) is 1.07. The quantitative estimate of drug-likeness (QED) is 0.588. The van der Waals surface area contributed by atoms with E-state index >= 15 is 0 Å². The summed E-state index contributed by atoms with van der Waals surface area (Å²) < 4.78 is 12.1. The lowest BCUT2D eigenvalue weighted by Gasteiger charge is -2.23. The fourth-order valence-corrected chi connectivity index (χ4v) is 4.17. The van der Waals surface area contributed by atoms with Crippen molar-refractivity contribution in [1.82, 2.24) is 19.4 Å². The van der Waals surface area contributed by atoms with Gasteiger partial charge in [0.2, 0.25) is 0 Å². The SMILES string of the molecule is COC(=O)[C@@H]1C[C@H](n2cc(C)c(=O)n(C(=O)c3ccccc3)c2=O)CN1CCNC(=O)OC(C)(C)C. The number of nitrogens with one attached hydrogen (secondary N) is 1. The molecule has 1 fully saturated rings. The van der Waals surface area contributed by atoms with Crippen LogP contribution >= 0.6 is 0 Å². The van der Waals surface area contributed by atoms with Crippen molar-refractivity contribution in [3.05, 3.63) is 68.5 Å². The number of carbonyl (C=O) groups excluding carboxylic acids is 3. The Hall–Kier alpha value is -3.73. The van der Waals surface area contributed by atoms with E-state index in [-0.39, 0.29) is 30.6 Å². The number of carbonyl (C=O) groups is 3. The van der Waals surface area contributed by atoms with E-state index in [2.05, 4.69) is 5.32 Å². The number of methoxy groups -OCH3 is 1. The molecule has 1 aliphatic heterocycles. The molecule has 1 amide bonds. The number of amides is 1. The zero-order valence-corrected chi connectivity index (χ0v) is 21.1. The van der Waals surface area contributed by atoms with E-state index in [0.29, 0.717) is 11.1 Å². The Labute approximate surface area is 208 Å². The maximum atomic E-state index is 13.3. The number of ether oxygens (including phenoxy) is 2. The summed E-state index contributed by atoms with van der Waals surface area (Å²) in [7, 11) is 1.28. The van der Waals surface area contributed by atoms with Crippen LogP contribution < -0.4 is 16.6 Å². The largest absolute Gasteiger partial charge is 0.468 e. The van der Waals surface area contributed by atoms with Crippen LogP contribution in [0.5, 0.6) is 0 Å². The first-order valence-electron chi connectivity index (χ1n) is 11.7. The summed E-state index contributed by atoms with van der Waals surface area (Å²) >= 11 is 0. The van der Waals surface area contributed by atoms with Crippen molar-refractivity contribution < 1.29 is 23.9 Å². The molecular weight excluding hydrogens is 468 g/mol. The summed E-state index contributed by atoms with van der Waals surface area (Å²) in [5.41, 5.74) is -1.68. The highest BCUT2D eigenvalue weighted by Crippen LogP contribution is 2.27. The second-order valence-electron chi connectivity index (χ2n) is 9.67. The molecule has 11 heteroatoms. The smallest absolute Gasteiger partial charge is 0.407 e. The van der Waals surface area contributed by atoms with Gasteiger partial charge in [-0.2, -0.15) is 4.57 Å². The molecule has 36 heavy (non-hydrogen) atoms. The fraction of sp³-hybridized carbons (Fsp3) is 0.480. The number of benzene rings is 1. The molecule has 3 rings (SSSR count). The minimum absolute atomic E-state index is 0.203. The van der Waals surface area contributed by atoms with E-state index in [1.54, 1.807) is 43.9 Å².